The molecule has 0 aliphatic carbocycles. The number of fused-ring (bicyclic) bond motifs is 1. The molecule has 0 atom stereocenters. The third-order valence-corrected chi connectivity index (χ3v) is 5.58. The van der Waals surface area contributed by atoms with Gasteiger partial charge in [-0.05, 0) is 44.7 Å². The number of aryl methyl sites for hydroxylation is 3. The molecule has 8 heteroatoms. The first-order chi connectivity index (χ1) is 15.7. The van der Waals surface area contributed by atoms with Crippen molar-refractivity contribution in [2.45, 2.75) is 65.5 Å². The molecular formula is C24H38N6O2. The van der Waals surface area contributed by atoms with Crippen molar-refractivity contribution in [1.29, 1.82) is 0 Å². The molecule has 1 aromatic carbocycles. The fourth-order valence-corrected chi connectivity index (χ4v) is 3.85. The maximum atomic E-state index is 5.89. The fourth-order valence-electron chi connectivity index (χ4n) is 3.85. The Morgan fingerprint density at radius 2 is 2.06 bits per heavy atom. The number of aliphatic imine (C=N–C) groups is 1. The lowest BCUT2D eigenvalue weighted by molar-refractivity contribution is 0.145. The van der Waals surface area contributed by atoms with Crippen molar-refractivity contribution in [3.05, 3.63) is 41.0 Å². The van der Waals surface area contributed by atoms with E-state index in [1.165, 1.54) is 24.8 Å². The molecule has 0 amide bonds. The van der Waals surface area contributed by atoms with E-state index in [4.69, 9.17) is 14.5 Å². The first-order valence-electron chi connectivity index (χ1n) is 11.9. The molecule has 1 aliphatic rings. The summed E-state index contributed by atoms with van der Waals surface area (Å²) >= 11 is 0. The third kappa shape index (κ3) is 7.22. The van der Waals surface area contributed by atoms with Crippen LogP contribution >= 0.6 is 0 Å². The number of hydrogen-bond donors (Lipinski definition) is 2. The smallest absolute Gasteiger partial charge is 0.191 e. The zero-order valence-electron chi connectivity index (χ0n) is 19.8. The average Bonchev–Trinajstić information content (AvgIpc) is 3.01. The van der Waals surface area contributed by atoms with Crippen LogP contribution in [-0.2, 0) is 30.7 Å². The Hall–Kier alpha value is -2.61. The maximum absolute atomic E-state index is 5.89. The van der Waals surface area contributed by atoms with Crippen molar-refractivity contribution < 1.29 is 9.47 Å². The summed E-state index contributed by atoms with van der Waals surface area (Å²) in [5, 5.41) is 15.6. The van der Waals surface area contributed by atoms with Crippen molar-refractivity contribution in [1.82, 2.24) is 25.4 Å². The van der Waals surface area contributed by atoms with Gasteiger partial charge < -0.3 is 24.7 Å². The predicted molar refractivity (Wildman–Crippen MR) is 127 cm³/mol. The van der Waals surface area contributed by atoms with Crippen LogP contribution in [0.3, 0.4) is 0 Å². The fraction of sp³-hybridized carbons (Fsp3) is 0.625. The summed E-state index contributed by atoms with van der Waals surface area (Å²) < 4.78 is 13.3. The van der Waals surface area contributed by atoms with Crippen LogP contribution < -0.4 is 15.4 Å². The van der Waals surface area contributed by atoms with E-state index in [2.05, 4.69) is 57.4 Å². The lowest BCUT2D eigenvalue weighted by atomic mass is 10.1. The van der Waals surface area contributed by atoms with E-state index in [0.717, 1.165) is 67.8 Å². The molecule has 176 valence electrons. The Morgan fingerprint density at radius 3 is 2.91 bits per heavy atom. The Labute approximate surface area is 191 Å². The Kier molecular flexibility index (Phi) is 9.81. The van der Waals surface area contributed by atoms with Gasteiger partial charge in [0.25, 0.3) is 0 Å². The zero-order valence-corrected chi connectivity index (χ0v) is 19.8. The highest BCUT2D eigenvalue weighted by Crippen LogP contribution is 2.21. The van der Waals surface area contributed by atoms with Crippen LogP contribution in [0.15, 0.2) is 23.2 Å². The topological polar surface area (TPSA) is 85.6 Å². The van der Waals surface area contributed by atoms with Crippen molar-refractivity contribution in [2.75, 3.05) is 33.4 Å². The molecule has 2 N–H and O–H groups in total. The van der Waals surface area contributed by atoms with Gasteiger partial charge in [0.1, 0.15) is 24.0 Å². The molecule has 2 heterocycles. The highest BCUT2D eigenvalue weighted by Gasteiger charge is 2.14. The number of guanidine groups is 1. The normalized spacial score (nSPS) is 14.0. The van der Waals surface area contributed by atoms with Gasteiger partial charge in [-0.1, -0.05) is 18.6 Å². The summed E-state index contributed by atoms with van der Waals surface area (Å²) in [5.74, 6) is 3.95. The molecule has 3 rings (SSSR count). The lowest BCUT2D eigenvalue weighted by Crippen LogP contribution is -2.38. The molecule has 32 heavy (non-hydrogen) atoms. The number of rotatable bonds is 11. The first kappa shape index (κ1) is 24.0. The van der Waals surface area contributed by atoms with Crippen molar-refractivity contribution in [3.8, 4) is 5.75 Å². The molecule has 0 bridgehead atoms. The SMILES string of the molecule is CCNC(=NCc1ccc(C)cc1OCCOC)NCCCc1nnc2n1CCCCC2. The average molecular weight is 443 g/mol. The van der Waals surface area contributed by atoms with Crippen LogP contribution in [-0.4, -0.2) is 54.1 Å². The number of methoxy groups -OCH3 is 1. The molecule has 8 nitrogen and oxygen atoms in total. The molecular weight excluding hydrogens is 404 g/mol. The van der Waals surface area contributed by atoms with Gasteiger partial charge in [0.2, 0.25) is 0 Å². The summed E-state index contributed by atoms with van der Waals surface area (Å²) in [6.45, 7) is 8.49. The van der Waals surface area contributed by atoms with Crippen LogP contribution in [0.5, 0.6) is 5.75 Å². The monoisotopic (exact) mass is 442 g/mol. The van der Waals surface area contributed by atoms with E-state index in [1.807, 2.05) is 0 Å². The molecule has 0 saturated heterocycles. The molecule has 1 aromatic heterocycles. The summed E-state index contributed by atoms with van der Waals surface area (Å²) in [6.07, 6.45) is 6.70. The summed E-state index contributed by atoms with van der Waals surface area (Å²) in [4.78, 5) is 4.77. The van der Waals surface area contributed by atoms with E-state index in [1.54, 1.807) is 7.11 Å². The number of benzene rings is 1. The first-order valence-corrected chi connectivity index (χ1v) is 11.9. The van der Waals surface area contributed by atoms with Crippen molar-refractivity contribution in [3.63, 3.8) is 0 Å². The molecule has 0 unspecified atom stereocenters. The van der Waals surface area contributed by atoms with Crippen LogP contribution in [0.2, 0.25) is 0 Å². The standard InChI is InChI=1S/C24H38N6O2/c1-4-25-24(27-18-20-12-11-19(2)17-21(20)32-16-15-31-3)26-13-8-10-23-29-28-22-9-6-5-7-14-30(22)23/h11-12,17H,4-10,13-16,18H2,1-3H3,(H2,25,26,27). The summed E-state index contributed by atoms with van der Waals surface area (Å²) in [6, 6.07) is 6.24. The minimum atomic E-state index is 0.529. The van der Waals surface area contributed by atoms with Gasteiger partial charge in [-0.2, -0.15) is 0 Å². The number of hydrogen-bond acceptors (Lipinski definition) is 5. The molecule has 0 fully saturated rings. The molecule has 0 spiro atoms. The van der Waals surface area contributed by atoms with Crippen LogP contribution in [0.4, 0.5) is 0 Å². The van der Waals surface area contributed by atoms with Crippen molar-refractivity contribution >= 4 is 5.96 Å². The number of nitrogens with zero attached hydrogens (tertiary/aromatic N) is 4. The number of nitrogens with one attached hydrogen (secondary N) is 2. The van der Waals surface area contributed by atoms with E-state index >= 15 is 0 Å². The largest absolute Gasteiger partial charge is 0.491 e. The van der Waals surface area contributed by atoms with Crippen molar-refractivity contribution in [2.24, 2.45) is 4.99 Å². The highest BCUT2D eigenvalue weighted by atomic mass is 16.5. The minimum absolute atomic E-state index is 0.529. The second-order valence-electron chi connectivity index (χ2n) is 8.17. The second-order valence-corrected chi connectivity index (χ2v) is 8.17. The van der Waals surface area contributed by atoms with Gasteiger partial charge in [0.15, 0.2) is 5.96 Å². The summed E-state index contributed by atoms with van der Waals surface area (Å²) in [7, 11) is 1.68. The van der Waals surface area contributed by atoms with Gasteiger partial charge in [0, 0.05) is 45.1 Å². The zero-order chi connectivity index (χ0) is 22.6. The Balaban J connectivity index is 1.53. The van der Waals surface area contributed by atoms with Gasteiger partial charge in [-0.15, -0.1) is 10.2 Å². The molecule has 0 radical (unpaired) electrons. The van der Waals surface area contributed by atoms with Gasteiger partial charge in [-0.3, -0.25) is 0 Å². The van der Waals surface area contributed by atoms with E-state index in [9.17, 15) is 0 Å². The van der Waals surface area contributed by atoms with Gasteiger partial charge >= 0.3 is 0 Å². The van der Waals surface area contributed by atoms with Gasteiger partial charge in [0.05, 0.1) is 13.2 Å². The van der Waals surface area contributed by atoms with Crippen LogP contribution in [0, 0.1) is 6.92 Å². The molecule has 1 aliphatic heterocycles. The third-order valence-electron chi connectivity index (χ3n) is 5.58. The van der Waals surface area contributed by atoms with Crippen LogP contribution in [0.25, 0.3) is 0 Å². The molecule has 0 saturated carbocycles. The lowest BCUT2D eigenvalue weighted by Gasteiger charge is -2.14. The quantitative estimate of drug-likeness (QED) is 0.316. The summed E-state index contributed by atoms with van der Waals surface area (Å²) in [5.41, 5.74) is 2.23. The number of ether oxygens (including phenoxy) is 2. The number of aromatic nitrogens is 3. The Bertz CT molecular complexity index is 864. The maximum Gasteiger partial charge on any atom is 0.191 e. The minimum Gasteiger partial charge on any atom is -0.491 e. The predicted octanol–water partition coefficient (Wildman–Crippen LogP) is 3.03. The second kappa shape index (κ2) is 13.1. The van der Waals surface area contributed by atoms with Gasteiger partial charge in [-0.25, -0.2) is 4.99 Å². The molecule has 2 aromatic rings. The van der Waals surface area contributed by atoms with E-state index < -0.39 is 0 Å². The van der Waals surface area contributed by atoms with E-state index in [-0.39, 0.29) is 0 Å². The Morgan fingerprint density at radius 1 is 1.16 bits per heavy atom. The van der Waals surface area contributed by atoms with Crippen LogP contribution in [0.1, 0.15) is 55.4 Å². The van der Waals surface area contributed by atoms with E-state index in [0.29, 0.717) is 19.8 Å². The highest BCUT2D eigenvalue weighted by molar-refractivity contribution is 5.79.